The van der Waals surface area contributed by atoms with Gasteiger partial charge in [-0.25, -0.2) is 4.98 Å². The molecule has 36 heavy (non-hydrogen) atoms. The van der Waals surface area contributed by atoms with Crippen LogP contribution < -0.4 is 21.7 Å². The molecule has 1 aliphatic rings. The van der Waals surface area contributed by atoms with Gasteiger partial charge in [0.05, 0.1) is 23.8 Å². The third-order valence-electron chi connectivity index (χ3n) is 5.72. The van der Waals surface area contributed by atoms with E-state index in [1.54, 1.807) is 42.7 Å². The van der Waals surface area contributed by atoms with E-state index in [1.165, 1.54) is 6.20 Å². The van der Waals surface area contributed by atoms with Crippen molar-refractivity contribution < 1.29 is 9.59 Å². The van der Waals surface area contributed by atoms with Gasteiger partial charge in [0.15, 0.2) is 0 Å². The number of nitrogens with one attached hydrogen (secondary N) is 4. The quantitative estimate of drug-likeness (QED) is 0.218. The number of aromatic nitrogens is 2. The second-order valence-electron chi connectivity index (χ2n) is 9.02. The van der Waals surface area contributed by atoms with Gasteiger partial charge in [-0.2, -0.15) is 0 Å². The lowest BCUT2D eigenvalue weighted by Crippen LogP contribution is -2.24. The molecule has 0 unspecified atom stereocenters. The Hall–Kier alpha value is -4.31. The van der Waals surface area contributed by atoms with Gasteiger partial charge in [0.2, 0.25) is 5.91 Å². The number of carbonyl (C=O) groups excluding carboxylic acids is 2. The van der Waals surface area contributed by atoms with E-state index in [1.807, 2.05) is 20.2 Å². The number of nitrogen functional groups attached to an aromatic ring is 1. The van der Waals surface area contributed by atoms with Crippen molar-refractivity contribution in [1.82, 2.24) is 14.9 Å². The fourth-order valence-electron chi connectivity index (χ4n) is 3.50. The van der Waals surface area contributed by atoms with Crippen molar-refractivity contribution in [2.24, 2.45) is 5.92 Å². The Morgan fingerprint density at radius 3 is 2.53 bits per heavy atom. The van der Waals surface area contributed by atoms with Gasteiger partial charge in [-0.1, -0.05) is 6.07 Å². The summed E-state index contributed by atoms with van der Waals surface area (Å²) in [7, 11) is 3.99. The molecular formula is C26H30N8O2. The van der Waals surface area contributed by atoms with Crippen LogP contribution in [0.1, 0.15) is 18.4 Å². The maximum atomic E-state index is 12.8. The molecule has 3 aromatic rings. The van der Waals surface area contributed by atoms with Crippen LogP contribution in [0, 0.1) is 11.3 Å². The first kappa shape index (κ1) is 24.8. The minimum atomic E-state index is -0.600. The average Bonchev–Trinajstić information content (AvgIpc) is 3.71. The summed E-state index contributed by atoms with van der Waals surface area (Å²) in [6.07, 6.45) is 6.62. The van der Waals surface area contributed by atoms with Crippen molar-refractivity contribution in [3.8, 4) is 11.1 Å². The van der Waals surface area contributed by atoms with E-state index in [0.29, 0.717) is 28.4 Å². The van der Waals surface area contributed by atoms with Crippen LogP contribution in [0.15, 0.2) is 55.0 Å². The number of hydrogen-bond donors (Lipinski definition) is 5. The van der Waals surface area contributed by atoms with Crippen molar-refractivity contribution in [2.45, 2.75) is 12.8 Å². The summed E-state index contributed by atoms with van der Waals surface area (Å²) in [6, 6.07) is 10.4. The summed E-state index contributed by atoms with van der Waals surface area (Å²) in [5.74, 6) is 0.183. The lowest BCUT2D eigenvalue weighted by Gasteiger charge is -2.12. The highest BCUT2D eigenvalue weighted by Crippen LogP contribution is 2.31. The molecule has 2 heterocycles. The highest BCUT2D eigenvalue weighted by molar-refractivity contribution is 6.48. The second-order valence-corrected chi connectivity index (χ2v) is 9.02. The van der Waals surface area contributed by atoms with Gasteiger partial charge in [0.25, 0.3) is 5.91 Å². The van der Waals surface area contributed by atoms with Crippen LogP contribution in [0.2, 0.25) is 0 Å². The van der Waals surface area contributed by atoms with E-state index >= 15 is 0 Å². The normalized spacial score (nSPS) is 12.8. The molecule has 1 saturated carbocycles. The van der Waals surface area contributed by atoms with E-state index in [2.05, 4.69) is 30.8 Å². The second kappa shape index (κ2) is 11.0. The summed E-state index contributed by atoms with van der Waals surface area (Å²) in [5.41, 5.74) is 8.98. The smallest absolute Gasteiger partial charge is 0.274 e. The molecule has 0 spiro atoms. The predicted molar refractivity (Wildman–Crippen MR) is 142 cm³/mol. The van der Waals surface area contributed by atoms with Crippen molar-refractivity contribution in [3.05, 3.63) is 60.6 Å². The molecule has 0 aliphatic heterocycles. The van der Waals surface area contributed by atoms with Crippen LogP contribution in [0.4, 0.5) is 22.9 Å². The van der Waals surface area contributed by atoms with E-state index in [9.17, 15) is 9.59 Å². The molecule has 1 fully saturated rings. The van der Waals surface area contributed by atoms with Gasteiger partial charge >= 0.3 is 0 Å². The van der Waals surface area contributed by atoms with E-state index in [0.717, 1.165) is 37.1 Å². The van der Waals surface area contributed by atoms with Crippen LogP contribution in [0.5, 0.6) is 0 Å². The molecule has 10 nitrogen and oxygen atoms in total. The number of carbonyl (C=O) groups is 2. The van der Waals surface area contributed by atoms with E-state index in [4.69, 9.17) is 11.1 Å². The maximum absolute atomic E-state index is 12.8. The van der Waals surface area contributed by atoms with Crippen molar-refractivity contribution in [3.63, 3.8) is 0 Å². The van der Waals surface area contributed by atoms with Crippen LogP contribution in [-0.4, -0.2) is 59.6 Å². The SMILES string of the molecule is CN(C)CCNc1ccc(NC(=O)C(=N)c2cc(-c3cncc(NC(=O)C4CC4)c3)ccc2N)cn1. The lowest BCUT2D eigenvalue weighted by atomic mass is 10.00. The first-order valence-corrected chi connectivity index (χ1v) is 11.7. The Morgan fingerprint density at radius 1 is 1.03 bits per heavy atom. The van der Waals surface area contributed by atoms with E-state index in [-0.39, 0.29) is 17.5 Å². The van der Waals surface area contributed by atoms with Crippen molar-refractivity contribution >= 4 is 40.4 Å². The molecule has 186 valence electrons. The zero-order chi connectivity index (χ0) is 25.7. The van der Waals surface area contributed by atoms with Crippen LogP contribution in [0.25, 0.3) is 11.1 Å². The molecule has 4 rings (SSSR count). The van der Waals surface area contributed by atoms with Crippen molar-refractivity contribution in [2.75, 3.05) is 48.9 Å². The monoisotopic (exact) mass is 486 g/mol. The zero-order valence-corrected chi connectivity index (χ0v) is 20.3. The van der Waals surface area contributed by atoms with Crippen LogP contribution >= 0.6 is 0 Å². The van der Waals surface area contributed by atoms with Gasteiger partial charge < -0.3 is 26.6 Å². The first-order chi connectivity index (χ1) is 17.3. The number of rotatable bonds is 10. The molecule has 0 bridgehead atoms. The third-order valence-corrected chi connectivity index (χ3v) is 5.72. The molecule has 1 aliphatic carbocycles. The van der Waals surface area contributed by atoms with Gasteiger partial charge in [-0.3, -0.25) is 20.0 Å². The number of nitrogens with zero attached hydrogens (tertiary/aromatic N) is 3. The largest absolute Gasteiger partial charge is 0.398 e. The Kier molecular flexibility index (Phi) is 7.55. The summed E-state index contributed by atoms with van der Waals surface area (Å²) in [4.78, 5) is 35.5. The number of benzene rings is 1. The number of hydrogen-bond acceptors (Lipinski definition) is 8. The summed E-state index contributed by atoms with van der Waals surface area (Å²) < 4.78 is 0. The van der Waals surface area contributed by atoms with Gasteiger partial charge in [-0.15, -0.1) is 0 Å². The number of likely N-dealkylation sites (N-methyl/N-ethyl adjacent to an activating group) is 1. The summed E-state index contributed by atoms with van der Waals surface area (Å²) in [6.45, 7) is 1.62. The molecule has 0 saturated heterocycles. The standard InChI is InChI=1S/C26H30N8O2/c1-34(2)10-9-30-23-8-6-19(15-31-23)32-26(36)24(28)21-12-17(5-7-22(21)27)18-11-20(14-29-13-18)33-25(35)16-3-4-16/h5-8,11-16,28H,3-4,9-10,27H2,1-2H3,(H,30,31)(H,32,36)(H,33,35). The first-order valence-electron chi connectivity index (χ1n) is 11.7. The number of anilines is 4. The highest BCUT2D eigenvalue weighted by atomic mass is 16.2. The third kappa shape index (κ3) is 6.42. The molecular weight excluding hydrogens is 456 g/mol. The fourth-order valence-corrected chi connectivity index (χ4v) is 3.50. The number of amides is 2. The minimum absolute atomic E-state index is 0.00254. The molecule has 1 aromatic carbocycles. The summed E-state index contributed by atoms with van der Waals surface area (Å²) >= 11 is 0. The molecule has 0 radical (unpaired) electrons. The highest BCUT2D eigenvalue weighted by Gasteiger charge is 2.29. The molecule has 10 heteroatoms. The molecule has 0 atom stereocenters. The lowest BCUT2D eigenvalue weighted by molar-refractivity contribution is -0.117. The Morgan fingerprint density at radius 2 is 1.83 bits per heavy atom. The zero-order valence-electron chi connectivity index (χ0n) is 20.3. The number of nitrogens with two attached hydrogens (primary N) is 1. The molecule has 2 aromatic heterocycles. The average molecular weight is 487 g/mol. The van der Waals surface area contributed by atoms with Gasteiger partial charge in [0, 0.05) is 42.0 Å². The Balaban J connectivity index is 1.43. The molecule has 2 amide bonds. The fraction of sp³-hybridized carbons (Fsp3) is 0.269. The van der Waals surface area contributed by atoms with Crippen molar-refractivity contribution in [1.29, 1.82) is 5.41 Å². The van der Waals surface area contributed by atoms with Gasteiger partial charge in [-0.05, 0) is 62.8 Å². The molecule has 6 N–H and O–H groups in total. The maximum Gasteiger partial charge on any atom is 0.274 e. The summed E-state index contributed by atoms with van der Waals surface area (Å²) in [5, 5.41) is 17.2. The van der Waals surface area contributed by atoms with Gasteiger partial charge in [0.1, 0.15) is 11.5 Å². The van der Waals surface area contributed by atoms with E-state index < -0.39 is 5.91 Å². The topological polar surface area (TPSA) is 149 Å². The van der Waals surface area contributed by atoms with Crippen LogP contribution in [-0.2, 0) is 9.59 Å². The Bertz CT molecular complexity index is 1270. The number of pyridine rings is 2. The minimum Gasteiger partial charge on any atom is -0.398 e. The van der Waals surface area contributed by atoms with Crippen LogP contribution in [0.3, 0.4) is 0 Å². The Labute approximate surface area is 209 Å². The predicted octanol–water partition coefficient (Wildman–Crippen LogP) is 3.05.